The third-order valence-corrected chi connectivity index (χ3v) is 0. The third-order valence-electron chi connectivity index (χ3n) is 0. The molecule has 0 bridgehead atoms. The molecule has 2 radical (unpaired) electrons. The van der Waals surface area contributed by atoms with Crippen molar-refractivity contribution in [2.45, 2.75) is 12.5 Å². The first-order chi connectivity index (χ1) is 2.00. The summed E-state index contributed by atoms with van der Waals surface area (Å²) in [5.41, 5.74) is 8.82. The predicted molar refractivity (Wildman–Crippen MR) is 22.5 cm³/mol. The van der Waals surface area contributed by atoms with Gasteiger partial charge in [-0.1, -0.05) is 0 Å². The Hall–Kier alpha value is -0.0151. The Morgan fingerprint density at radius 3 is 1.60 bits per heavy atom. The summed E-state index contributed by atoms with van der Waals surface area (Å²) in [4.78, 5) is 0. The second-order valence-corrected chi connectivity index (χ2v) is 1.37. The van der Waals surface area contributed by atoms with Crippen molar-refractivity contribution in [3.63, 3.8) is 0 Å². The van der Waals surface area contributed by atoms with Crippen molar-refractivity contribution in [3.05, 3.63) is 0 Å². The molecule has 0 rings (SSSR count). The van der Waals surface area contributed by atoms with Gasteiger partial charge in [-0.2, -0.15) is 0 Å². The fraction of sp³-hybridized carbons (Fsp3) is 1.00. The van der Waals surface area contributed by atoms with Crippen LogP contribution in [0.5, 0.6) is 0 Å². The maximum Gasteiger partial charge on any atom is 0.116 e. The molecule has 0 aliphatic heterocycles. The first kappa shape index (κ1) is 4.98. The normalized spacial score (nSPS) is 11.8. The Labute approximate surface area is 32.9 Å². The summed E-state index contributed by atoms with van der Waals surface area (Å²) in [6, 6.07) is 0. The lowest BCUT2D eigenvalue weighted by Gasteiger charge is -2.07. The maximum absolute atomic E-state index is 4.91. The van der Waals surface area contributed by atoms with Gasteiger partial charge in [-0.25, -0.2) is 0 Å². The molecule has 4 N–H and O–H groups in total. The molecule has 2 nitrogen and oxygen atoms in total. The van der Waals surface area contributed by atoms with Gasteiger partial charge in [-0.3, -0.25) is 0 Å². The summed E-state index contributed by atoms with van der Waals surface area (Å²) < 4.78 is 0. The molecule has 0 aliphatic rings. The van der Waals surface area contributed by atoms with Gasteiger partial charge in [0.05, 0.1) is 0 Å². The minimum atomic E-state index is -1.00. The highest BCUT2D eigenvalue weighted by atomic mass is 14.9. The molecule has 0 spiro atoms. The van der Waals surface area contributed by atoms with Crippen LogP contribution in [0, 0.1) is 0 Å². The standard InChI is InChI=1S/C2H7BN2/c1-2(3,4)5/h4-5H2,1H3. The van der Waals surface area contributed by atoms with Crippen LogP contribution in [0.15, 0.2) is 0 Å². The molecule has 0 atom stereocenters. The maximum atomic E-state index is 4.91. The van der Waals surface area contributed by atoms with Crippen LogP contribution in [-0.2, 0) is 0 Å². The summed E-state index contributed by atoms with van der Waals surface area (Å²) in [6.45, 7) is 1.52. The summed E-state index contributed by atoms with van der Waals surface area (Å²) in [5, 5.41) is 0. The van der Waals surface area contributed by atoms with Crippen LogP contribution in [0.2, 0.25) is 0 Å². The largest absolute Gasteiger partial charge is 0.322 e. The molecule has 0 fully saturated rings. The highest BCUT2D eigenvalue weighted by Gasteiger charge is 1.95. The van der Waals surface area contributed by atoms with E-state index < -0.39 is 5.56 Å². The van der Waals surface area contributed by atoms with E-state index in [-0.39, 0.29) is 0 Å². The average molecular weight is 69.9 g/mol. The minimum Gasteiger partial charge on any atom is -0.322 e. The lowest BCUT2D eigenvalue weighted by Crippen LogP contribution is -2.46. The number of nitrogens with two attached hydrogens (primary N) is 2. The third kappa shape index (κ3) is 69200. The van der Waals surface area contributed by atoms with Crippen molar-refractivity contribution in [2.24, 2.45) is 11.5 Å². The summed E-state index contributed by atoms with van der Waals surface area (Å²) in [7, 11) is 4.91. The van der Waals surface area contributed by atoms with E-state index in [4.69, 9.17) is 19.3 Å². The lowest BCUT2D eigenvalue weighted by atomic mass is 9.92. The Morgan fingerprint density at radius 1 is 1.60 bits per heavy atom. The lowest BCUT2D eigenvalue weighted by molar-refractivity contribution is 0.700. The highest BCUT2D eigenvalue weighted by molar-refractivity contribution is 6.14. The van der Waals surface area contributed by atoms with Gasteiger partial charge in [0.2, 0.25) is 0 Å². The predicted octanol–water partition coefficient (Wildman–Crippen LogP) is -1.25. The van der Waals surface area contributed by atoms with Gasteiger partial charge in [0, 0.05) is 5.56 Å². The van der Waals surface area contributed by atoms with Crippen LogP contribution < -0.4 is 11.5 Å². The van der Waals surface area contributed by atoms with Gasteiger partial charge in [0.25, 0.3) is 0 Å². The van der Waals surface area contributed by atoms with E-state index in [1.165, 1.54) is 6.92 Å². The molecule has 0 heterocycles. The SMILES string of the molecule is [B]C(C)(N)N. The van der Waals surface area contributed by atoms with Crippen LogP contribution in [-0.4, -0.2) is 13.4 Å². The van der Waals surface area contributed by atoms with Gasteiger partial charge in [-0.15, -0.1) is 0 Å². The van der Waals surface area contributed by atoms with Crippen molar-refractivity contribution in [1.29, 1.82) is 0 Å². The molecule has 0 aromatic heterocycles. The van der Waals surface area contributed by atoms with Crippen molar-refractivity contribution in [2.75, 3.05) is 0 Å². The molecule has 0 aromatic rings. The monoisotopic (exact) mass is 70.1 g/mol. The van der Waals surface area contributed by atoms with Gasteiger partial charge in [0.15, 0.2) is 0 Å². The zero-order valence-electron chi connectivity index (χ0n) is 3.23. The highest BCUT2D eigenvalue weighted by Crippen LogP contribution is 1.68. The van der Waals surface area contributed by atoms with Crippen molar-refractivity contribution < 1.29 is 0 Å². The van der Waals surface area contributed by atoms with Crippen LogP contribution in [0.3, 0.4) is 0 Å². The molecule has 0 aromatic carbocycles. The van der Waals surface area contributed by atoms with Gasteiger partial charge < -0.3 is 11.5 Å². The van der Waals surface area contributed by atoms with Crippen LogP contribution >= 0.6 is 0 Å². The van der Waals surface area contributed by atoms with Gasteiger partial charge in [-0.05, 0) is 6.92 Å². The van der Waals surface area contributed by atoms with Gasteiger partial charge in [0.1, 0.15) is 7.85 Å². The second kappa shape index (κ2) is 0.991. The molecule has 0 aliphatic carbocycles. The Balaban J connectivity index is 3.02. The molecular formula is C2H7BN2. The smallest absolute Gasteiger partial charge is 0.116 e. The van der Waals surface area contributed by atoms with E-state index in [1.54, 1.807) is 0 Å². The molecule has 3 heteroatoms. The Bertz CT molecular complexity index is 23.1. The molecule has 0 unspecified atom stereocenters. The van der Waals surface area contributed by atoms with Gasteiger partial charge >= 0.3 is 0 Å². The summed E-state index contributed by atoms with van der Waals surface area (Å²) in [6.07, 6.45) is 0. The Morgan fingerprint density at radius 2 is 1.60 bits per heavy atom. The second-order valence-electron chi connectivity index (χ2n) is 1.37. The number of hydrogen-bond acceptors (Lipinski definition) is 2. The summed E-state index contributed by atoms with van der Waals surface area (Å²) >= 11 is 0. The molecule has 5 heavy (non-hydrogen) atoms. The zero-order valence-corrected chi connectivity index (χ0v) is 3.23. The first-order valence-corrected chi connectivity index (χ1v) is 1.37. The molecular weight excluding hydrogens is 62.8 g/mol. The van der Waals surface area contributed by atoms with Crippen molar-refractivity contribution in [3.8, 4) is 0 Å². The molecule has 0 amide bonds. The quantitative estimate of drug-likeness (QED) is 0.276. The van der Waals surface area contributed by atoms with E-state index in [2.05, 4.69) is 0 Å². The Kier molecular flexibility index (Phi) is 0.988. The summed E-state index contributed by atoms with van der Waals surface area (Å²) in [5.74, 6) is 0. The van der Waals surface area contributed by atoms with Crippen LogP contribution in [0.4, 0.5) is 0 Å². The van der Waals surface area contributed by atoms with Crippen LogP contribution in [0.1, 0.15) is 6.92 Å². The van der Waals surface area contributed by atoms with E-state index in [1.807, 2.05) is 0 Å². The first-order valence-electron chi connectivity index (χ1n) is 1.37. The van der Waals surface area contributed by atoms with E-state index in [0.29, 0.717) is 0 Å². The van der Waals surface area contributed by atoms with Crippen molar-refractivity contribution in [1.82, 2.24) is 0 Å². The average Bonchev–Trinajstić information content (AvgIpc) is 0.722. The minimum absolute atomic E-state index is 1.00. The topological polar surface area (TPSA) is 52.0 Å². The fourth-order valence-electron chi connectivity index (χ4n) is 0. The van der Waals surface area contributed by atoms with Crippen LogP contribution in [0.25, 0.3) is 0 Å². The molecule has 28 valence electrons. The molecule has 0 saturated carbocycles. The number of hydrogen-bond donors (Lipinski definition) is 2. The van der Waals surface area contributed by atoms with E-state index in [0.717, 1.165) is 0 Å². The molecule has 0 saturated heterocycles. The van der Waals surface area contributed by atoms with E-state index >= 15 is 0 Å². The number of rotatable bonds is 0. The zero-order chi connectivity index (χ0) is 4.50. The fourth-order valence-corrected chi connectivity index (χ4v) is 0. The van der Waals surface area contributed by atoms with E-state index in [9.17, 15) is 0 Å². The van der Waals surface area contributed by atoms with Crippen molar-refractivity contribution >= 4 is 7.85 Å².